The lowest BCUT2D eigenvalue weighted by Crippen LogP contribution is -2.43. The van der Waals surface area contributed by atoms with Crippen LogP contribution in [0.15, 0.2) is 30.6 Å². The summed E-state index contributed by atoms with van der Waals surface area (Å²) in [7, 11) is 0. The maximum atomic E-state index is 11.9. The van der Waals surface area contributed by atoms with Gasteiger partial charge in [-0.25, -0.2) is 0 Å². The number of nitrogens with one attached hydrogen (secondary N) is 1. The number of carbonyl (C=O) groups is 2. The average Bonchev–Trinajstić information content (AvgIpc) is 3.01. The van der Waals surface area contributed by atoms with Crippen molar-refractivity contribution in [3.05, 3.63) is 40.7 Å². The molecule has 2 aromatic rings. The summed E-state index contributed by atoms with van der Waals surface area (Å²) in [5.41, 5.74) is 0.883. The highest BCUT2D eigenvalue weighted by atomic mass is 16.6. The zero-order valence-electron chi connectivity index (χ0n) is 14.8. The van der Waals surface area contributed by atoms with Gasteiger partial charge in [-0.2, -0.15) is 0 Å². The van der Waals surface area contributed by atoms with Gasteiger partial charge < -0.3 is 5.32 Å². The number of likely N-dealkylation sites (tertiary alicyclic amines) is 1. The lowest BCUT2D eigenvalue weighted by molar-refractivity contribution is -0.383. The first-order valence-electron chi connectivity index (χ1n) is 9.17. The highest BCUT2D eigenvalue weighted by molar-refractivity contribution is 6.02. The molecule has 1 saturated heterocycles. The van der Waals surface area contributed by atoms with Crippen molar-refractivity contribution in [3.63, 3.8) is 0 Å². The van der Waals surface area contributed by atoms with E-state index in [0.29, 0.717) is 18.2 Å². The van der Waals surface area contributed by atoms with Crippen molar-refractivity contribution >= 4 is 34.0 Å². The van der Waals surface area contributed by atoms with Crippen molar-refractivity contribution in [2.24, 2.45) is 0 Å². The predicted octanol–water partition coefficient (Wildman–Crippen LogP) is 3.02. The molecule has 1 saturated carbocycles. The van der Waals surface area contributed by atoms with Crippen molar-refractivity contribution in [3.8, 4) is 0 Å². The standard InChI is InChI=1S/C19H20N4O4/c24-18-7-8-19(25)22(18)13-3-1-12(2-4-13)21-16-5-6-17(23(26)27)15-11-20-10-9-14(15)16/h5-6,9-13,21H,1-4,7-8H2. The normalized spacial score (nSPS) is 23.0. The van der Waals surface area contributed by atoms with E-state index in [1.165, 1.54) is 17.2 Å². The molecule has 140 valence electrons. The monoisotopic (exact) mass is 368 g/mol. The molecule has 4 rings (SSSR count). The molecule has 0 spiro atoms. The molecule has 27 heavy (non-hydrogen) atoms. The smallest absolute Gasteiger partial charge is 0.278 e. The number of hydrogen-bond acceptors (Lipinski definition) is 6. The maximum Gasteiger partial charge on any atom is 0.278 e. The Labute approximate surface area is 155 Å². The molecule has 2 heterocycles. The van der Waals surface area contributed by atoms with Crippen molar-refractivity contribution in [2.45, 2.75) is 50.6 Å². The minimum absolute atomic E-state index is 0.00311. The molecule has 1 N–H and O–H groups in total. The van der Waals surface area contributed by atoms with Crippen molar-refractivity contribution in [1.82, 2.24) is 9.88 Å². The van der Waals surface area contributed by atoms with Gasteiger partial charge in [0.2, 0.25) is 11.8 Å². The van der Waals surface area contributed by atoms with Crippen LogP contribution in [0.5, 0.6) is 0 Å². The molecule has 2 amide bonds. The van der Waals surface area contributed by atoms with E-state index in [4.69, 9.17) is 0 Å². The molecule has 1 aliphatic carbocycles. The van der Waals surface area contributed by atoms with Crippen LogP contribution >= 0.6 is 0 Å². The largest absolute Gasteiger partial charge is 0.382 e. The van der Waals surface area contributed by atoms with E-state index >= 15 is 0 Å². The maximum absolute atomic E-state index is 11.9. The number of benzene rings is 1. The first kappa shape index (κ1) is 17.4. The van der Waals surface area contributed by atoms with Gasteiger partial charge in [-0.05, 0) is 37.8 Å². The van der Waals surface area contributed by atoms with Gasteiger partial charge >= 0.3 is 0 Å². The van der Waals surface area contributed by atoms with Crippen LogP contribution in [0.1, 0.15) is 38.5 Å². The second-order valence-electron chi connectivity index (χ2n) is 7.12. The van der Waals surface area contributed by atoms with Gasteiger partial charge in [0.15, 0.2) is 0 Å². The average molecular weight is 368 g/mol. The molecule has 1 aliphatic heterocycles. The van der Waals surface area contributed by atoms with E-state index in [1.807, 2.05) is 0 Å². The summed E-state index contributed by atoms with van der Waals surface area (Å²) >= 11 is 0. The number of hydrogen-bond donors (Lipinski definition) is 1. The zero-order valence-corrected chi connectivity index (χ0v) is 14.8. The molecule has 0 unspecified atom stereocenters. The summed E-state index contributed by atoms with van der Waals surface area (Å²) in [5, 5.41) is 16.0. The summed E-state index contributed by atoms with van der Waals surface area (Å²) in [4.78, 5) is 40.1. The van der Waals surface area contributed by atoms with Crippen LogP contribution in [0.2, 0.25) is 0 Å². The van der Waals surface area contributed by atoms with E-state index in [9.17, 15) is 19.7 Å². The fourth-order valence-corrected chi connectivity index (χ4v) is 4.16. The number of anilines is 1. The summed E-state index contributed by atoms with van der Waals surface area (Å²) in [6.45, 7) is 0. The molecule has 1 aromatic carbocycles. The van der Waals surface area contributed by atoms with Crippen LogP contribution in [0, 0.1) is 10.1 Å². The van der Waals surface area contributed by atoms with Crippen LogP contribution in [-0.4, -0.2) is 38.7 Å². The van der Waals surface area contributed by atoms with E-state index in [2.05, 4.69) is 10.3 Å². The van der Waals surface area contributed by atoms with Gasteiger partial charge in [-0.15, -0.1) is 0 Å². The first-order chi connectivity index (χ1) is 13.0. The van der Waals surface area contributed by atoms with E-state index < -0.39 is 4.92 Å². The molecule has 0 atom stereocenters. The Kier molecular flexibility index (Phi) is 4.47. The third-order valence-corrected chi connectivity index (χ3v) is 5.50. The minimum Gasteiger partial charge on any atom is -0.382 e. The predicted molar refractivity (Wildman–Crippen MR) is 99.2 cm³/mol. The molecular formula is C19H20N4O4. The fraction of sp³-hybridized carbons (Fsp3) is 0.421. The number of amides is 2. The quantitative estimate of drug-likeness (QED) is 0.505. The number of pyridine rings is 1. The number of fused-ring (bicyclic) bond motifs is 1. The minimum atomic E-state index is -0.400. The van der Waals surface area contributed by atoms with E-state index in [1.54, 1.807) is 18.3 Å². The Morgan fingerprint density at radius 1 is 1.04 bits per heavy atom. The van der Waals surface area contributed by atoms with Gasteiger partial charge in [0, 0.05) is 54.5 Å². The molecule has 1 aromatic heterocycles. The second kappa shape index (κ2) is 6.94. The number of nitro benzene ring substituents is 1. The molecule has 2 aliphatic rings. The molecule has 2 fully saturated rings. The second-order valence-corrected chi connectivity index (χ2v) is 7.12. The molecule has 0 radical (unpaired) electrons. The van der Waals surface area contributed by atoms with E-state index in [-0.39, 0.29) is 29.6 Å². The van der Waals surface area contributed by atoms with Crippen molar-refractivity contribution in [2.75, 3.05) is 5.32 Å². The molecule has 0 bridgehead atoms. The van der Waals surface area contributed by atoms with Gasteiger partial charge in [0.1, 0.15) is 0 Å². The lowest BCUT2D eigenvalue weighted by Gasteiger charge is -2.34. The number of rotatable bonds is 4. The number of nitrogens with zero attached hydrogens (tertiary/aromatic N) is 3. The Balaban J connectivity index is 1.48. The summed E-state index contributed by atoms with van der Waals surface area (Å²) in [6.07, 6.45) is 7.04. The number of imide groups is 1. The van der Waals surface area contributed by atoms with Gasteiger partial charge in [0.05, 0.1) is 10.3 Å². The number of nitro groups is 1. The summed E-state index contributed by atoms with van der Waals surface area (Å²) in [6, 6.07) is 5.22. The first-order valence-corrected chi connectivity index (χ1v) is 9.17. The highest BCUT2D eigenvalue weighted by Gasteiger charge is 2.36. The van der Waals surface area contributed by atoms with Gasteiger partial charge in [-0.1, -0.05) is 0 Å². The van der Waals surface area contributed by atoms with Crippen molar-refractivity contribution < 1.29 is 14.5 Å². The number of carbonyl (C=O) groups excluding carboxylic acids is 2. The highest BCUT2D eigenvalue weighted by Crippen LogP contribution is 2.34. The van der Waals surface area contributed by atoms with Crippen molar-refractivity contribution in [1.29, 1.82) is 0 Å². The van der Waals surface area contributed by atoms with Crippen LogP contribution < -0.4 is 5.32 Å². The Morgan fingerprint density at radius 3 is 2.41 bits per heavy atom. The zero-order chi connectivity index (χ0) is 19.0. The Morgan fingerprint density at radius 2 is 1.74 bits per heavy atom. The lowest BCUT2D eigenvalue weighted by atomic mass is 9.90. The van der Waals surface area contributed by atoms with Gasteiger partial charge in [-0.3, -0.25) is 29.6 Å². The Bertz CT molecular complexity index is 905. The number of non-ortho nitro benzene ring substituents is 1. The molecule has 8 heteroatoms. The topological polar surface area (TPSA) is 105 Å². The molecule has 8 nitrogen and oxygen atoms in total. The van der Waals surface area contributed by atoms with Crippen LogP contribution in [0.25, 0.3) is 10.8 Å². The summed E-state index contributed by atoms with van der Waals surface area (Å²) < 4.78 is 0. The summed E-state index contributed by atoms with van der Waals surface area (Å²) in [5.74, 6) is -0.101. The Hall–Kier alpha value is -3.03. The SMILES string of the molecule is O=C1CCC(=O)N1C1CCC(Nc2ccc([N+](=O)[O-])c3cnccc23)CC1. The van der Waals surface area contributed by atoms with E-state index in [0.717, 1.165) is 36.8 Å². The van der Waals surface area contributed by atoms with Crippen LogP contribution in [-0.2, 0) is 9.59 Å². The third-order valence-electron chi connectivity index (χ3n) is 5.50. The third kappa shape index (κ3) is 3.22. The fourth-order valence-electron chi connectivity index (χ4n) is 4.16. The molecular weight excluding hydrogens is 348 g/mol. The van der Waals surface area contributed by atoms with Gasteiger partial charge in [0.25, 0.3) is 5.69 Å². The number of aromatic nitrogens is 1. The van der Waals surface area contributed by atoms with Crippen LogP contribution in [0.4, 0.5) is 11.4 Å². The van der Waals surface area contributed by atoms with Crippen LogP contribution in [0.3, 0.4) is 0 Å².